The fraction of sp³-hybridized carbons (Fsp3) is 0.364. The van der Waals surface area contributed by atoms with Crippen molar-refractivity contribution in [1.29, 1.82) is 0 Å². The summed E-state index contributed by atoms with van der Waals surface area (Å²) in [6.07, 6.45) is 2.51. The van der Waals surface area contributed by atoms with Crippen molar-refractivity contribution in [2.24, 2.45) is 0 Å². The lowest BCUT2D eigenvalue weighted by atomic mass is 10.2. The van der Waals surface area contributed by atoms with Crippen LogP contribution in [0.25, 0.3) is 11.0 Å². The van der Waals surface area contributed by atoms with Gasteiger partial charge in [-0.2, -0.15) is 0 Å². The summed E-state index contributed by atoms with van der Waals surface area (Å²) in [5, 5.41) is 8.99. The molecule has 1 heterocycles. The molecule has 1 saturated carbocycles. The minimum absolute atomic E-state index is 0.0849. The van der Waals surface area contributed by atoms with Crippen LogP contribution in [0.1, 0.15) is 30.1 Å². The number of nitrogens with zero attached hydrogens (tertiary/aromatic N) is 1. The Bertz CT molecular complexity index is 471. The van der Waals surface area contributed by atoms with Gasteiger partial charge in [-0.25, -0.2) is 4.98 Å². The molecule has 0 spiro atoms. The Morgan fingerprint density at radius 2 is 2.29 bits per heavy atom. The largest absolute Gasteiger partial charge is 0.392 e. The van der Waals surface area contributed by atoms with Crippen molar-refractivity contribution in [2.45, 2.75) is 25.4 Å². The summed E-state index contributed by atoms with van der Waals surface area (Å²) < 4.78 is 0. The van der Waals surface area contributed by atoms with E-state index < -0.39 is 0 Å². The number of aliphatic hydroxyl groups is 1. The van der Waals surface area contributed by atoms with Gasteiger partial charge in [-0.1, -0.05) is 6.07 Å². The molecule has 3 rings (SSSR count). The Morgan fingerprint density at radius 3 is 3.00 bits per heavy atom. The highest BCUT2D eigenvalue weighted by molar-refractivity contribution is 5.76. The summed E-state index contributed by atoms with van der Waals surface area (Å²) in [5.74, 6) is 1.76. The zero-order chi connectivity index (χ0) is 9.54. The number of nitrogens with one attached hydrogen (secondary N) is 1. The first kappa shape index (κ1) is 8.00. The molecular formula is C11H12N2O. The molecule has 14 heavy (non-hydrogen) atoms. The van der Waals surface area contributed by atoms with E-state index in [1.165, 1.54) is 12.8 Å². The second kappa shape index (κ2) is 2.82. The first-order valence-corrected chi connectivity index (χ1v) is 4.96. The smallest absolute Gasteiger partial charge is 0.110 e. The summed E-state index contributed by atoms with van der Waals surface area (Å²) in [6.45, 7) is 0.0849. The van der Waals surface area contributed by atoms with Crippen molar-refractivity contribution in [1.82, 2.24) is 9.97 Å². The molecule has 0 amide bonds. The van der Waals surface area contributed by atoms with Crippen LogP contribution in [-0.2, 0) is 6.61 Å². The average molecular weight is 188 g/mol. The zero-order valence-electron chi connectivity index (χ0n) is 7.83. The van der Waals surface area contributed by atoms with Crippen LogP contribution in [0, 0.1) is 0 Å². The Labute approximate surface area is 81.8 Å². The standard InChI is InChI=1S/C11H12N2O/c14-6-7-1-4-9-10(5-7)13-11(12-9)8-2-3-8/h1,4-5,8,14H,2-3,6H2,(H,12,13). The van der Waals surface area contributed by atoms with Crippen LogP contribution >= 0.6 is 0 Å². The van der Waals surface area contributed by atoms with Gasteiger partial charge in [-0.15, -0.1) is 0 Å². The number of imidazole rings is 1. The van der Waals surface area contributed by atoms with Gasteiger partial charge in [0.05, 0.1) is 17.6 Å². The number of aromatic amines is 1. The fourth-order valence-electron chi connectivity index (χ4n) is 1.72. The zero-order valence-corrected chi connectivity index (χ0v) is 7.83. The maximum absolute atomic E-state index is 8.99. The molecule has 3 nitrogen and oxygen atoms in total. The van der Waals surface area contributed by atoms with E-state index in [0.29, 0.717) is 5.92 Å². The lowest BCUT2D eigenvalue weighted by Crippen LogP contribution is -1.81. The Morgan fingerprint density at radius 1 is 1.43 bits per heavy atom. The maximum atomic E-state index is 8.99. The molecular weight excluding hydrogens is 176 g/mol. The first-order valence-electron chi connectivity index (χ1n) is 4.96. The lowest BCUT2D eigenvalue weighted by molar-refractivity contribution is 0.282. The molecule has 3 heteroatoms. The number of hydrogen-bond acceptors (Lipinski definition) is 2. The second-order valence-corrected chi connectivity index (χ2v) is 3.91. The SMILES string of the molecule is OCc1ccc2[nH]c(C3CC3)nc2c1. The molecule has 2 aromatic rings. The third kappa shape index (κ3) is 1.21. The minimum atomic E-state index is 0.0849. The van der Waals surface area contributed by atoms with Gasteiger partial charge < -0.3 is 10.1 Å². The van der Waals surface area contributed by atoms with Crippen molar-refractivity contribution < 1.29 is 5.11 Å². The monoisotopic (exact) mass is 188 g/mol. The van der Waals surface area contributed by atoms with Crippen LogP contribution in [0.5, 0.6) is 0 Å². The number of aliphatic hydroxyl groups excluding tert-OH is 1. The van der Waals surface area contributed by atoms with Gasteiger partial charge in [0.25, 0.3) is 0 Å². The van der Waals surface area contributed by atoms with Gasteiger partial charge in [0.15, 0.2) is 0 Å². The highest BCUT2D eigenvalue weighted by atomic mass is 16.3. The molecule has 72 valence electrons. The van der Waals surface area contributed by atoms with Gasteiger partial charge >= 0.3 is 0 Å². The summed E-state index contributed by atoms with van der Waals surface area (Å²) in [4.78, 5) is 7.83. The topological polar surface area (TPSA) is 48.9 Å². The van der Waals surface area contributed by atoms with Gasteiger partial charge in [0.1, 0.15) is 5.82 Å². The van der Waals surface area contributed by atoms with Crippen LogP contribution in [0.4, 0.5) is 0 Å². The van der Waals surface area contributed by atoms with E-state index in [-0.39, 0.29) is 6.61 Å². The number of H-pyrrole nitrogens is 1. The molecule has 0 saturated heterocycles. The van der Waals surface area contributed by atoms with Crippen molar-refractivity contribution in [3.8, 4) is 0 Å². The van der Waals surface area contributed by atoms with Crippen LogP contribution < -0.4 is 0 Å². The van der Waals surface area contributed by atoms with E-state index in [4.69, 9.17) is 5.11 Å². The summed E-state index contributed by atoms with van der Waals surface area (Å²) in [7, 11) is 0. The van der Waals surface area contributed by atoms with E-state index >= 15 is 0 Å². The molecule has 2 N–H and O–H groups in total. The molecule has 1 fully saturated rings. The van der Waals surface area contributed by atoms with Gasteiger partial charge in [0.2, 0.25) is 0 Å². The van der Waals surface area contributed by atoms with E-state index in [0.717, 1.165) is 22.4 Å². The molecule has 1 aliphatic rings. The van der Waals surface area contributed by atoms with Crippen LogP contribution in [0.3, 0.4) is 0 Å². The Kier molecular flexibility index (Phi) is 1.61. The van der Waals surface area contributed by atoms with Crippen molar-refractivity contribution >= 4 is 11.0 Å². The summed E-state index contributed by atoms with van der Waals surface area (Å²) in [5.41, 5.74) is 2.97. The molecule has 0 bridgehead atoms. The quantitative estimate of drug-likeness (QED) is 0.756. The first-order chi connectivity index (χ1) is 6.86. The second-order valence-electron chi connectivity index (χ2n) is 3.91. The number of rotatable bonds is 2. The van der Waals surface area contributed by atoms with Crippen LogP contribution in [-0.4, -0.2) is 15.1 Å². The van der Waals surface area contributed by atoms with Gasteiger partial charge in [0, 0.05) is 5.92 Å². The lowest BCUT2D eigenvalue weighted by Gasteiger charge is -1.93. The van der Waals surface area contributed by atoms with E-state index in [2.05, 4.69) is 9.97 Å². The van der Waals surface area contributed by atoms with E-state index in [1.807, 2.05) is 18.2 Å². The minimum Gasteiger partial charge on any atom is -0.392 e. The normalized spacial score (nSPS) is 16.4. The average Bonchev–Trinajstić information content (AvgIpc) is 2.97. The third-order valence-electron chi connectivity index (χ3n) is 2.71. The molecule has 0 aliphatic heterocycles. The van der Waals surface area contributed by atoms with Gasteiger partial charge in [-0.3, -0.25) is 0 Å². The number of fused-ring (bicyclic) bond motifs is 1. The summed E-state index contributed by atoms with van der Waals surface area (Å²) >= 11 is 0. The van der Waals surface area contributed by atoms with E-state index in [1.54, 1.807) is 0 Å². The molecule has 0 atom stereocenters. The molecule has 1 aliphatic carbocycles. The Hall–Kier alpha value is -1.35. The number of hydrogen-bond donors (Lipinski definition) is 2. The van der Waals surface area contributed by atoms with E-state index in [9.17, 15) is 0 Å². The molecule has 1 aromatic heterocycles. The molecule has 1 aromatic carbocycles. The molecule has 0 radical (unpaired) electrons. The van der Waals surface area contributed by atoms with Crippen LogP contribution in [0.15, 0.2) is 18.2 Å². The third-order valence-corrected chi connectivity index (χ3v) is 2.71. The Balaban J connectivity index is 2.12. The maximum Gasteiger partial charge on any atom is 0.110 e. The molecule has 0 unspecified atom stereocenters. The predicted molar refractivity (Wildman–Crippen MR) is 54.0 cm³/mol. The number of aromatic nitrogens is 2. The summed E-state index contributed by atoms with van der Waals surface area (Å²) in [6, 6.07) is 5.86. The van der Waals surface area contributed by atoms with Crippen molar-refractivity contribution in [2.75, 3.05) is 0 Å². The van der Waals surface area contributed by atoms with Gasteiger partial charge in [-0.05, 0) is 30.5 Å². The highest BCUT2D eigenvalue weighted by Crippen LogP contribution is 2.38. The highest BCUT2D eigenvalue weighted by Gasteiger charge is 2.26. The number of benzene rings is 1. The van der Waals surface area contributed by atoms with Crippen molar-refractivity contribution in [3.63, 3.8) is 0 Å². The van der Waals surface area contributed by atoms with Crippen LogP contribution in [0.2, 0.25) is 0 Å². The van der Waals surface area contributed by atoms with Crippen molar-refractivity contribution in [3.05, 3.63) is 29.6 Å². The fourth-order valence-corrected chi connectivity index (χ4v) is 1.72. The predicted octanol–water partition coefficient (Wildman–Crippen LogP) is 1.93.